The third-order valence-electron chi connectivity index (χ3n) is 6.04. The lowest BCUT2D eigenvalue weighted by Gasteiger charge is -2.33. The molecule has 1 unspecified atom stereocenters. The van der Waals surface area contributed by atoms with Crippen LogP contribution in [0.2, 0.25) is 0 Å². The van der Waals surface area contributed by atoms with Crippen LogP contribution in [0.4, 0.5) is 10.1 Å². The highest BCUT2D eigenvalue weighted by Gasteiger charge is 2.32. The van der Waals surface area contributed by atoms with E-state index in [2.05, 4.69) is 26.1 Å². The predicted molar refractivity (Wildman–Crippen MR) is 146 cm³/mol. The Hall–Kier alpha value is -2.94. The number of hydrogen-bond acceptors (Lipinski definition) is 4. The normalized spacial score (nSPS) is 12.8. The standard InChI is InChI=1S/C28H40FN3O4S/c1-8-25(27(34)30-17-20(2)3)31(18-21-9-13-23(29)14-10-21)26(33)19-32(37(7,35)36)24-15-11-22(12-16-24)28(4,5)6/h9-16,20,25H,8,17-19H2,1-7H3,(H,30,34). The molecule has 0 radical (unpaired) electrons. The number of carbonyl (C=O) groups is 2. The Bertz CT molecular complexity index is 1160. The van der Waals surface area contributed by atoms with Gasteiger partial charge in [-0.15, -0.1) is 0 Å². The van der Waals surface area contributed by atoms with Crippen LogP contribution in [0.3, 0.4) is 0 Å². The molecule has 0 spiro atoms. The minimum absolute atomic E-state index is 0.0350. The van der Waals surface area contributed by atoms with E-state index in [9.17, 15) is 22.4 Å². The topological polar surface area (TPSA) is 86.8 Å². The number of benzene rings is 2. The molecular formula is C28H40FN3O4S. The zero-order valence-corrected chi connectivity index (χ0v) is 23.7. The molecule has 0 heterocycles. The van der Waals surface area contributed by atoms with Crippen LogP contribution in [-0.2, 0) is 31.6 Å². The second-order valence-corrected chi connectivity index (χ2v) is 12.7. The van der Waals surface area contributed by atoms with E-state index in [0.717, 1.165) is 16.1 Å². The number of nitrogens with one attached hydrogen (secondary N) is 1. The average molecular weight is 534 g/mol. The summed E-state index contributed by atoms with van der Waals surface area (Å²) in [4.78, 5) is 28.1. The molecule has 0 bridgehead atoms. The van der Waals surface area contributed by atoms with Crippen LogP contribution < -0.4 is 9.62 Å². The minimum Gasteiger partial charge on any atom is -0.354 e. The fourth-order valence-electron chi connectivity index (χ4n) is 3.87. The van der Waals surface area contributed by atoms with Crippen molar-refractivity contribution in [2.24, 2.45) is 5.92 Å². The molecule has 0 saturated carbocycles. The first kappa shape index (κ1) is 30.3. The maximum absolute atomic E-state index is 13.7. The number of rotatable bonds is 11. The maximum atomic E-state index is 13.7. The van der Waals surface area contributed by atoms with E-state index in [-0.39, 0.29) is 23.8 Å². The van der Waals surface area contributed by atoms with Gasteiger partial charge in [0.05, 0.1) is 11.9 Å². The molecule has 0 aromatic heterocycles. The van der Waals surface area contributed by atoms with Crippen molar-refractivity contribution >= 4 is 27.5 Å². The van der Waals surface area contributed by atoms with Crippen LogP contribution in [-0.4, -0.2) is 50.5 Å². The molecule has 0 aliphatic carbocycles. The maximum Gasteiger partial charge on any atom is 0.244 e. The monoisotopic (exact) mass is 533 g/mol. The van der Waals surface area contributed by atoms with Crippen LogP contribution >= 0.6 is 0 Å². The summed E-state index contributed by atoms with van der Waals surface area (Å²) >= 11 is 0. The van der Waals surface area contributed by atoms with E-state index in [1.165, 1.54) is 17.0 Å². The highest BCUT2D eigenvalue weighted by Crippen LogP contribution is 2.26. The molecule has 0 aliphatic heterocycles. The van der Waals surface area contributed by atoms with E-state index < -0.39 is 34.3 Å². The van der Waals surface area contributed by atoms with Crippen molar-refractivity contribution in [2.75, 3.05) is 23.7 Å². The van der Waals surface area contributed by atoms with E-state index >= 15 is 0 Å². The van der Waals surface area contributed by atoms with Gasteiger partial charge >= 0.3 is 0 Å². The number of halogens is 1. The molecule has 2 rings (SSSR count). The highest BCUT2D eigenvalue weighted by atomic mass is 32.2. The summed E-state index contributed by atoms with van der Waals surface area (Å²) in [7, 11) is -3.81. The molecule has 1 N–H and O–H groups in total. The van der Waals surface area contributed by atoms with Crippen molar-refractivity contribution < 1.29 is 22.4 Å². The smallest absolute Gasteiger partial charge is 0.244 e. The summed E-state index contributed by atoms with van der Waals surface area (Å²) in [6.45, 7) is 11.9. The number of nitrogens with zero attached hydrogens (tertiary/aromatic N) is 2. The zero-order chi connectivity index (χ0) is 28.0. The van der Waals surface area contributed by atoms with Gasteiger partial charge in [-0.2, -0.15) is 0 Å². The van der Waals surface area contributed by atoms with Crippen LogP contribution in [0.15, 0.2) is 48.5 Å². The minimum atomic E-state index is -3.81. The summed E-state index contributed by atoms with van der Waals surface area (Å²) in [5.41, 5.74) is 1.91. The van der Waals surface area contributed by atoms with Crippen LogP contribution in [0.25, 0.3) is 0 Å². The number of anilines is 1. The predicted octanol–water partition coefficient (Wildman–Crippen LogP) is 4.47. The Kier molecular flexibility index (Phi) is 10.3. The van der Waals surface area contributed by atoms with Crippen LogP contribution in [0.5, 0.6) is 0 Å². The second kappa shape index (κ2) is 12.5. The zero-order valence-electron chi connectivity index (χ0n) is 22.9. The number of amides is 2. The van der Waals surface area contributed by atoms with Gasteiger partial charge < -0.3 is 10.2 Å². The summed E-state index contributed by atoms with van der Waals surface area (Å²) in [6, 6.07) is 11.9. The summed E-state index contributed by atoms with van der Waals surface area (Å²) in [5.74, 6) is -1.03. The summed E-state index contributed by atoms with van der Waals surface area (Å²) in [6.07, 6.45) is 1.38. The first-order valence-corrected chi connectivity index (χ1v) is 14.4. The van der Waals surface area contributed by atoms with Crippen molar-refractivity contribution in [3.63, 3.8) is 0 Å². The lowest BCUT2D eigenvalue weighted by molar-refractivity contribution is -0.140. The number of carbonyl (C=O) groups excluding carboxylic acids is 2. The third kappa shape index (κ3) is 8.84. The molecule has 0 saturated heterocycles. The van der Waals surface area contributed by atoms with Gasteiger partial charge in [-0.05, 0) is 53.1 Å². The summed E-state index contributed by atoms with van der Waals surface area (Å²) < 4.78 is 40.0. The van der Waals surface area contributed by atoms with Crippen molar-refractivity contribution in [1.29, 1.82) is 0 Å². The number of hydrogen-bond donors (Lipinski definition) is 1. The lowest BCUT2D eigenvalue weighted by Crippen LogP contribution is -2.52. The second-order valence-electron chi connectivity index (χ2n) is 10.8. The fourth-order valence-corrected chi connectivity index (χ4v) is 4.72. The van der Waals surface area contributed by atoms with Gasteiger partial charge in [0, 0.05) is 13.1 Å². The Morgan fingerprint density at radius 1 is 1.00 bits per heavy atom. The molecule has 2 aromatic rings. The van der Waals surface area contributed by atoms with Crippen LogP contribution in [0.1, 0.15) is 59.1 Å². The van der Waals surface area contributed by atoms with Gasteiger partial charge in [-0.25, -0.2) is 12.8 Å². The van der Waals surface area contributed by atoms with Gasteiger partial charge in [0.2, 0.25) is 21.8 Å². The largest absolute Gasteiger partial charge is 0.354 e. The van der Waals surface area contributed by atoms with Crippen molar-refractivity contribution in [3.05, 3.63) is 65.5 Å². The summed E-state index contributed by atoms with van der Waals surface area (Å²) in [5, 5.41) is 2.87. The van der Waals surface area contributed by atoms with Crippen LogP contribution in [0, 0.1) is 11.7 Å². The fraction of sp³-hybridized carbons (Fsp3) is 0.500. The van der Waals surface area contributed by atoms with Crippen molar-refractivity contribution in [3.8, 4) is 0 Å². The lowest BCUT2D eigenvalue weighted by atomic mass is 9.87. The Morgan fingerprint density at radius 2 is 1.57 bits per heavy atom. The first-order valence-electron chi connectivity index (χ1n) is 12.5. The SMILES string of the molecule is CCC(C(=O)NCC(C)C)N(Cc1ccc(F)cc1)C(=O)CN(c1ccc(C(C)(C)C)cc1)S(C)(=O)=O. The Labute approximate surface area is 221 Å². The van der Waals surface area contributed by atoms with Gasteiger partial charge in [-0.1, -0.05) is 65.8 Å². The molecule has 37 heavy (non-hydrogen) atoms. The number of sulfonamides is 1. The highest BCUT2D eigenvalue weighted by molar-refractivity contribution is 7.92. The average Bonchev–Trinajstić information content (AvgIpc) is 2.81. The quantitative estimate of drug-likeness (QED) is 0.462. The van der Waals surface area contributed by atoms with E-state index in [0.29, 0.717) is 24.2 Å². The molecule has 1 atom stereocenters. The molecule has 0 fully saturated rings. The van der Waals surface area contributed by atoms with Gasteiger partial charge in [0.15, 0.2) is 0 Å². The third-order valence-corrected chi connectivity index (χ3v) is 7.18. The van der Waals surface area contributed by atoms with Crippen molar-refractivity contribution in [2.45, 2.75) is 66.0 Å². The van der Waals surface area contributed by atoms with E-state index in [4.69, 9.17) is 0 Å². The molecule has 7 nitrogen and oxygen atoms in total. The van der Waals surface area contributed by atoms with Gasteiger partial charge in [-0.3, -0.25) is 13.9 Å². The Balaban J connectivity index is 2.42. The van der Waals surface area contributed by atoms with E-state index in [1.807, 2.05) is 26.0 Å². The van der Waals surface area contributed by atoms with Crippen molar-refractivity contribution in [1.82, 2.24) is 10.2 Å². The molecule has 0 aliphatic rings. The first-order chi connectivity index (χ1) is 17.1. The van der Waals surface area contributed by atoms with Gasteiger partial charge in [0.1, 0.15) is 18.4 Å². The van der Waals surface area contributed by atoms with Gasteiger partial charge in [0.25, 0.3) is 0 Å². The molecule has 204 valence electrons. The Morgan fingerprint density at radius 3 is 2.03 bits per heavy atom. The molecular weight excluding hydrogens is 493 g/mol. The van der Waals surface area contributed by atoms with E-state index in [1.54, 1.807) is 31.2 Å². The molecule has 9 heteroatoms. The molecule has 2 aromatic carbocycles. The molecule has 2 amide bonds.